The fraction of sp³-hybridized carbons (Fsp3) is 0.333. The van der Waals surface area contributed by atoms with E-state index in [2.05, 4.69) is 0 Å². The Morgan fingerprint density at radius 3 is 2.48 bits per heavy atom. The average Bonchev–Trinajstić information content (AvgIpc) is 3.29. The lowest BCUT2D eigenvalue weighted by Crippen LogP contribution is -2.39. The second-order valence-corrected chi connectivity index (χ2v) is 7.46. The molecule has 1 unspecified atom stereocenters. The molecule has 0 saturated carbocycles. The predicted molar refractivity (Wildman–Crippen MR) is 121 cm³/mol. The summed E-state index contributed by atoms with van der Waals surface area (Å²) in [5.41, 5.74) is 0.943. The number of nitro benzene ring substituents is 1. The molecule has 0 N–H and O–H groups in total. The molecular formula is C24H26N2O7. The normalized spacial score (nSPS) is 15.1. The third kappa shape index (κ3) is 5.14. The molecule has 0 spiro atoms. The summed E-state index contributed by atoms with van der Waals surface area (Å²) in [6.45, 7) is 2.35. The summed E-state index contributed by atoms with van der Waals surface area (Å²) in [6.07, 6.45) is 3.42. The smallest absolute Gasteiger partial charge is 0.329 e. The molecule has 2 aromatic carbocycles. The van der Waals surface area contributed by atoms with Gasteiger partial charge in [0.25, 0.3) is 11.6 Å². The SMILES string of the molecule is CCCCOc1cc([N+](=O)[O-])c(C(=O)N2C=C(c3ccccc3)CC2C(=O)OC)cc1OC. The van der Waals surface area contributed by atoms with Crippen molar-refractivity contribution in [2.45, 2.75) is 32.2 Å². The highest BCUT2D eigenvalue weighted by molar-refractivity contribution is 6.03. The number of carbonyl (C=O) groups is 2. The number of benzene rings is 2. The van der Waals surface area contributed by atoms with Crippen molar-refractivity contribution in [3.8, 4) is 11.5 Å². The first kappa shape index (κ1) is 23.8. The molecule has 1 aliphatic heterocycles. The van der Waals surface area contributed by atoms with Crippen LogP contribution in [0.1, 0.15) is 42.1 Å². The number of methoxy groups -OCH3 is 2. The molecular weight excluding hydrogens is 428 g/mol. The van der Waals surface area contributed by atoms with Gasteiger partial charge in [-0.1, -0.05) is 43.7 Å². The molecule has 1 atom stereocenters. The summed E-state index contributed by atoms with van der Waals surface area (Å²) in [4.78, 5) is 38.3. The van der Waals surface area contributed by atoms with Crippen LogP contribution in [-0.2, 0) is 9.53 Å². The largest absolute Gasteiger partial charge is 0.493 e. The van der Waals surface area contributed by atoms with Gasteiger partial charge in [-0.3, -0.25) is 19.8 Å². The summed E-state index contributed by atoms with van der Waals surface area (Å²) < 4.78 is 15.8. The topological polar surface area (TPSA) is 108 Å². The van der Waals surface area contributed by atoms with Crippen molar-refractivity contribution < 1.29 is 28.7 Å². The van der Waals surface area contributed by atoms with Gasteiger partial charge in [-0.15, -0.1) is 0 Å². The van der Waals surface area contributed by atoms with E-state index in [1.807, 2.05) is 37.3 Å². The van der Waals surface area contributed by atoms with Crippen LogP contribution in [0.15, 0.2) is 48.7 Å². The maximum Gasteiger partial charge on any atom is 0.329 e. The molecule has 2 aromatic rings. The maximum absolute atomic E-state index is 13.5. The molecule has 9 heteroatoms. The van der Waals surface area contributed by atoms with Crippen LogP contribution in [0.3, 0.4) is 0 Å². The second-order valence-electron chi connectivity index (χ2n) is 7.46. The molecule has 0 aromatic heterocycles. The highest BCUT2D eigenvalue weighted by Gasteiger charge is 2.39. The minimum Gasteiger partial charge on any atom is -0.493 e. The van der Waals surface area contributed by atoms with Crippen LogP contribution in [0.25, 0.3) is 5.57 Å². The van der Waals surface area contributed by atoms with Gasteiger partial charge in [-0.05, 0) is 17.6 Å². The minimum atomic E-state index is -0.941. The molecule has 0 bridgehead atoms. The third-order valence-electron chi connectivity index (χ3n) is 5.36. The Morgan fingerprint density at radius 2 is 1.88 bits per heavy atom. The Kier molecular flexibility index (Phi) is 7.66. The van der Waals surface area contributed by atoms with Crippen molar-refractivity contribution >= 4 is 23.1 Å². The van der Waals surface area contributed by atoms with Crippen LogP contribution >= 0.6 is 0 Å². The van der Waals surface area contributed by atoms with Gasteiger partial charge >= 0.3 is 5.97 Å². The van der Waals surface area contributed by atoms with Gasteiger partial charge in [-0.25, -0.2) is 4.79 Å². The van der Waals surface area contributed by atoms with Crippen LogP contribution in [0.2, 0.25) is 0 Å². The van der Waals surface area contributed by atoms with Crippen molar-refractivity contribution in [2.75, 3.05) is 20.8 Å². The molecule has 33 heavy (non-hydrogen) atoms. The van der Waals surface area contributed by atoms with E-state index in [4.69, 9.17) is 14.2 Å². The molecule has 3 rings (SSSR count). The van der Waals surface area contributed by atoms with E-state index in [1.165, 1.54) is 31.3 Å². The number of nitrogens with zero attached hydrogens (tertiary/aromatic N) is 2. The molecule has 1 heterocycles. The van der Waals surface area contributed by atoms with E-state index in [0.717, 1.165) is 24.0 Å². The summed E-state index contributed by atoms with van der Waals surface area (Å²) in [7, 11) is 2.63. The fourth-order valence-electron chi connectivity index (χ4n) is 3.60. The first-order chi connectivity index (χ1) is 15.9. The van der Waals surface area contributed by atoms with Gasteiger partial charge in [0.15, 0.2) is 11.5 Å². The van der Waals surface area contributed by atoms with Crippen molar-refractivity contribution in [1.29, 1.82) is 0 Å². The van der Waals surface area contributed by atoms with E-state index in [1.54, 1.807) is 6.20 Å². The second kappa shape index (κ2) is 10.6. The molecule has 0 aliphatic carbocycles. The van der Waals surface area contributed by atoms with Gasteiger partial charge in [0.2, 0.25) is 0 Å². The van der Waals surface area contributed by atoms with Gasteiger partial charge in [0.1, 0.15) is 11.6 Å². The number of hydrogen-bond acceptors (Lipinski definition) is 7. The monoisotopic (exact) mass is 454 g/mol. The summed E-state index contributed by atoms with van der Waals surface area (Å²) >= 11 is 0. The molecule has 1 aliphatic rings. The number of rotatable bonds is 9. The number of nitro groups is 1. The van der Waals surface area contributed by atoms with Crippen molar-refractivity contribution in [2.24, 2.45) is 0 Å². The lowest BCUT2D eigenvalue weighted by molar-refractivity contribution is -0.385. The highest BCUT2D eigenvalue weighted by Crippen LogP contribution is 2.38. The Bertz CT molecular complexity index is 1070. The van der Waals surface area contributed by atoms with Crippen LogP contribution in [0.4, 0.5) is 5.69 Å². The standard InChI is InChI=1S/C24H26N2O7/c1-4-5-11-33-22-14-19(26(29)30)18(13-21(22)31-2)23(27)25-15-17(12-20(25)24(28)32-3)16-9-7-6-8-10-16/h6-10,13-15,20H,4-5,11-12H2,1-3H3. The fourth-order valence-corrected chi connectivity index (χ4v) is 3.60. The number of esters is 1. The predicted octanol–water partition coefficient (Wildman–Crippen LogP) is 4.21. The number of ether oxygens (including phenoxy) is 3. The third-order valence-corrected chi connectivity index (χ3v) is 5.36. The lowest BCUT2D eigenvalue weighted by atomic mass is 10.0. The zero-order chi connectivity index (χ0) is 24.0. The van der Waals surface area contributed by atoms with Crippen molar-refractivity contribution in [3.63, 3.8) is 0 Å². The summed E-state index contributed by atoms with van der Waals surface area (Å²) in [5, 5.41) is 11.8. The molecule has 9 nitrogen and oxygen atoms in total. The van der Waals surface area contributed by atoms with E-state index < -0.39 is 28.5 Å². The van der Waals surface area contributed by atoms with Crippen molar-refractivity contribution in [3.05, 3.63) is 69.9 Å². The number of amides is 1. The van der Waals surface area contributed by atoms with Gasteiger partial charge in [-0.2, -0.15) is 0 Å². The number of hydrogen-bond donors (Lipinski definition) is 0. The summed E-state index contributed by atoms with van der Waals surface area (Å²) in [6, 6.07) is 10.8. The molecule has 0 fully saturated rings. The highest BCUT2D eigenvalue weighted by atomic mass is 16.6. The van der Waals surface area contributed by atoms with Gasteiger partial charge in [0, 0.05) is 18.7 Å². The summed E-state index contributed by atoms with van der Waals surface area (Å²) in [5.74, 6) is -0.942. The van der Waals surface area contributed by atoms with Crippen LogP contribution in [-0.4, -0.2) is 48.6 Å². The van der Waals surface area contributed by atoms with Gasteiger partial charge in [0.05, 0.1) is 31.8 Å². The van der Waals surface area contributed by atoms with E-state index >= 15 is 0 Å². The van der Waals surface area contributed by atoms with E-state index in [0.29, 0.717) is 6.61 Å². The zero-order valence-corrected chi connectivity index (χ0v) is 18.8. The first-order valence-corrected chi connectivity index (χ1v) is 10.6. The average molecular weight is 454 g/mol. The Hall–Kier alpha value is -3.88. The number of unbranched alkanes of at least 4 members (excludes halogenated alkanes) is 1. The van der Waals surface area contributed by atoms with Crippen LogP contribution in [0, 0.1) is 10.1 Å². The Balaban J connectivity index is 2.04. The molecule has 0 saturated heterocycles. The molecule has 0 radical (unpaired) electrons. The number of carbonyl (C=O) groups excluding carboxylic acids is 2. The zero-order valence-electron chi connectivity index (χ0n) is 18.8. The maximum atomic E-state index is 13.5. The van der Waals surface area contributed by atoms with Crippen molar-refractivity contribution in [1.82, 2.24) is 4.90 Å². The van der Waals surface area contributed by atoms with E-state index in [9.17, 15) is 19.7 Å². The quantitative estimate of drug-likeness (QED) is 0.242. The minimum absolute atomic E-state index is 0.181. The lowest BCUT2D eigenvalue weighted by Gasteiger charge is -2.22. The first-order valence-electron chi connectivity index (χ1n) is 10.6. The Morgan fingerprint density at radius 1 is 1.15 bits per heavy atom. The van der Waals surface area contributed by atoms with Gasteiger partial charge < -0.3 is 14.2 Å². The van der Waals surface area contributed by atoms with Crippen LogP contribution in [0.5, 0.6) is 11.5 Å². The van der Waals surface area contributed by atoms with E-state index in [-0.39, 0.29) is 23.5 Å². The van der Waals surface area contributed by atoms with Crippen LogP contribution < -0.4 is 9.47 Å². The Labute approximate surface area is 191 Å². The molecule has 1 amide bonds. The molecule has 174 valence electrons.